The van der Waals surface area contributed by atoms with Crippen molar-refractivity contribution in [2.75, 3.05) is 7.11 Å². The highest BCUT2D eigenvalue weighted by Gasteiger charge is 2.06. The second-order valence-corrected chi connectivity index (χ2v) is 7.00. The van der Waals surface area contributed by atoms with E-state index in [1.165, 1.54) is 18.1 Å². The van der Waals surface area contributed by atoms with E-state index in [0.717, 1.165) is 28.3 Å². The highest BCUT2D eigenvalue weighted by Crippen LogP contribution is 2.20. The van der Waals surface area contributed by atoms with E-state index in [9.17, 15) is 9.59 Å². The Bertz CT molecular complexity index is 1140. The number of rotatable bonds is 6. The van der Waals surface area contributed by atoms with Crippen molar-refractivity contribution in [1.29, 1.82) is 0 Å². The topological polar surface area (TPSA) is 79.4 Å². The minimum atomic E-state index is -0.727. The number of aryl methyl sites for hydroxylation is 1. The van der Waals surface area contributed by atoms with Crippen molar-refractivity contribution >= 4 is 33.6 Å². The number of carbonyl (C=O) groups is 2. The maximum absolute atomic E-state index is 11.2. The third-order valence-corrected chi connectivity index (χ3v) is 4.95. The van der Waals surface area contributed by atoms with Gasteiger partial charge in [-0.3, -0.25) is 9.59 Å². The van der Waals surface area contributed by atoms with Gasteiger partial charge < -0.3 is 14.8 Å². The number of esters is 1. The van der Waals surface area contributed by atoms with Crippen LogP contribution in [0.25, 0.3) is 21.7 Å². The molecule has 0 saturated carbocycles. The lowest BCUT2D eigenvalue weighted by Crippen LogP contribution is -2.04. The first-order valence-corrected chi connectivity index (χ1v) is 9.88. The minimum absolute atomic E-state index is 0.202. The fourth-order valence-corrected chi connectivity index (χ4v) is 3.44. The van der Waals surface area contributed by atoms with Crippen LogP contribution in [-0.4, -0.2) is 29.1 Å². The summed E-state index contributed by atoms with van der Waals surface area (Å²) in [6, 6.07) is 22.0. The third kappa shape index (κ3) is 5.47. The molecule has 4 rings (SSSR count). The number of methoxy groups -OCH3 is 1. The van der Waals surface area contributed by atoms with Crippen LogP contribution in [0.1, 0.15) is 24.0 Å². The molecule has 0 bridgehead atoms. The van der Waals surface area contributed by atoms with Gasteiger partial charge in [0.2, 0.25) is 0 Å². The van der Waals surface area contributed by atoms with Gasteiger partial charge in [-0.2, -0.15) is 0 Å². The van der Waals surface area contributed by atoms with E-state index in [2.05, 4.69) is 15.8 Å². The normalized spacial score (nSPS) is 10.4. The monoisotopic (exact) mass is 403 g/mol. The second kappa shape index (κ2) is 10.3. The number of aliphatic carboxylic acids is 1. The van der Waals surface area contributed by atoms with Crippen molar-refractivity contribution in [3.05, 3.63) is 84.1 Å². The van der Waals surface area contributed by atoms with Gasteiger partial charge in [0.1, 0.15) is 0 Å². The second-order valence-electron chi connectivity index (χ2n) is 7.00. The van der Waals surface area contributed by atoms with Crippen LogP contribution in [0.3, 0.4) is 0 Å². The zero-order chi connectivity index (χ0) is 21.3. The number of hydrogen-bond donors (Lipinski definition) is 2. The molecule has 0 amide bonds. The molecule has 1 aromatic heterocycles. The number of nitrogens with one attached hydrogen (secondary N) is 1. The maximum Gasteiger partial charge on any atom is 0.309 e. The molecule has 0 aliphatic carbocycles. The first-order valence-electron chi connectivity index (χ1n) is 9.88. The standard InChI is InChI=1S/C13H12O2.C12H13NO2/c1-15-13(14)9-11-7-4-6-10-5-2-3-8-12(10)11;14-12(15)7-3-4-9-8-13-11-6-2-1-5-10(9)11/h2-8H,9H2,1H3;1-2,5-6,8,13H,3-4,7H2,(H,14,15). The number of ether oxygens (including phenoxy) is 1. The molecule has 0 unspecified atom stereocenters. The van der Waals surface area contributed by atoms with Crippen molar-refractivity contribution in [3.63, 3.8) is 0 Å². The Kier molecular flexibility index (Phi) is 7.22. The Labute approximate surface area is 175 Å². The number of aromatic amines is 1. The van der Waals surface area contributed by atoms with Gasteiger partial charge in [-0.1, -0.05) is 60.7 Å². The molecule has 0 saturated heterocycles. The molecule has 154 valence electrons. The lowest BCUT2D eigenvalue weighted by Gasteiger charge is -2.04. The molecule has 3 aromatic carbocycles. The summed E-state index contributed by atoms with van der Waals surface area (Å²) in [6.07, 6.45) is 4.04. The maximum atomic E-state index is 11.2. The SMILES string of the molecule is COC(=O)Cc1cccc2ccccc12.O=C(O)CCCc1c[nH]c2ccccc12. The number of benzene rings is 3. The number of hydrogen-bond acceptors (Lipinski definition) is 3. The van der Waals surface area contributed by atoms with Gasteiger partial charge in [-0.25, -0.2) is 0 Å². The van der Waals surface area contributed by atoms with E-state index in [1.54, 1.807) is 0 Å². The quantitative estimate of drug-likeness (QED) is 0.437. The van der Waals surface area contributed by atoms with Gasteiger partial charge in [0.05, 0.1) is 13.5 Å². The van der Waals surface area contributed by atoms with Crippen molar-refractivity contribution in [2.45, 2.75) is 25.7 Å². The molecule has 0 spiro atoms. The Morgan fingerprint density at radius 1 is 0.900 bits per heavy atom. The minimum Gasteiger partial charge on any atom is -0.481 e. The zero-order valence-corrected chi connectivity index (χ0v) is 16.9. The molecule has 0 aliphatic heterocycles. The van der Waals surface area contributed by atoms with Crippen LogP contribution in [0.2, 0.25) is 0 Å². The molecule has 5 heteroatoms. The summed E-state index contributed by atoms with van der Waals surface area (Å²) in [5, 5.41) is 12.0. The van der Waals surface area contributed by atoms with E-state index in [-0.39, 0.29) is 12.4 Å². The fourth-order valence-electron chi connectivity index (χ4n) is 3.44. The number of H-pyrrole nitrogens is 1. The Morgan fingerprint density at radius 2 is 1.60 bits per heavy atom. The van der Waals surface area contributed by atoms with Crippen molar-refractivity contribution in [2.24, 2.45) is 0 Å². The highest BCUT2D eigenvalue weighted by atomic mass is 16.5. The average Bonchev–Trinajstić information content (AvgIpc) is 3.17. The molecular weight excluding hydrogens is 378 g/mol. The smallest absolute Gasteiger partial charge is 0.309 e. The number of aromatic nitrogens is 1. The van der Waals surface area contributed by atoms with Crippen LogP contribution < -0.4 is 0 Å². The van der Waals surface area contributed by atoms with Gasteiger partial charge >= 0.3 is 11.9 Å². The van der Waals surface area contributed by atoms with Crippen LogP contribution >= 0.6 is 0 Å². The molecule has 0 aliphatic rings. The van der Waals surface area contributed by atoms with E-state index < -0.39 is 5.97 Å². The summed E-state index contributed by atoms with van der Waals surface area (Å²) >= 11 is 0. The lowest BCUT2D eigenvalue weighted by atomic mass is 10.0. The Morgan fingerprint density at radius 3 is 2.37 bits per heavy atom. The number of carboxylic acid groups (broad SMARTS) is 1. The van der Waals surface area contributed by atoms with Gasteiger partial charge in [-0.05, 0) is 40.8 Å². The molecule has 0 radical (unpaired) electrons. The van der Waals surface area contributed by atoms with Crippen molar-refractivity contribution < 1.29 is 19.4 Å². The largest absolute Gasteiger partial charge is 0.481 e. The van der Waals surface area contributed by atoms with Crippen LogP contribution in [0, 0.1) is 0 Å². The van der Waals surface area contributed by atoms with E-state index >= 15 is 0 Å². The number of carboxylic acids is 1. The average molecular weight is 403 g/mol. The summed E-state index contributed by atoms with van der Waals surface area (Å²) in [7, 11) is 1.41. The molecule has 0 atom stereocenters. The summed E-state index contributed by atoms with van der Waals surface area (Å²) in [6.45, 7) is 0. The van der Waals surface area contributed by atoms with Crippen molar-refractivity contribution in [3.8, 4) is 0 Å². The molecule has 4 aromatic rings. The first kappa shape index (κ1) is 21.1. The predicted octanol–water partition coefficient (Wildman–Crippen LogP) is 5.13. The van der Waals surface area contributed by atoms with Crippen LogP contribution in [0.5, 0.6) is 0 Å². The lowest BCUT2D eigenvalue weighted by molar-refractivity contribution is -0.140. The molecular formula is C25H25NO4. The van der Waals surface area contributed by atoms with E-state index in [4.69, 9.17) is 5.11 Å². The van der Waals surface area contributed by atoms with E-state index in [0.29, 0.717) is 12.8 Å². The summed E-state index contributed by atoms with van der Waals surface area (Å²) < 4.78 is 4.66. The van der Waals surface area contributed by atoms with Gasteiger partial charge in [0.25, 0.3) is 0 Å². The number of carbonyl (C=O) groups excluding carboxylic acids is 1. The summed E-state index contributed by atoms with van der Waals surface area (Å²) in [4.78, 5) is 24.8. The number of para-hydroxylation sites is 1. The van der Waals surface area contributed by atoms with Crippen LogP contribution in [0.15, 0.2) is 72.9 Å². The Balaban J connectivity index is 0.000000171. The fraction of sp³-hybridized carbons (Fsp3) is 0.200. The van der Waals surface area contributed by atoms with Crippen LogP contribution in [0.4, 0.5) is 0 Å². The van der Waals surface area contributed by atoms with Gasteiger partial charge in [0, 0.05) is 23.5 Å². The van der Waals surface area contributed by atoms with Gasteiger partial charge in [-0.15, -0.1) is 0 Å². The molecule has 0 fully saturated rings. The molecule has 2 N–H and O–H groups in total. The predicted molar refractivity (Wildman–Crippen MR) is 119 cm³/mol. The third-order valence-electron chi connectivity index (χ3n) is 4.95. The van der Waals surface area contributed by atoms with E-state index in [1.807, 2.05) is 66.9 Å². The molecule has 1 heterocycles. The zero-order valence-electron chi connectivity index (χ0n) is 16.9. The van der Waals surface area contributed by atoms with Crippen molar-refractivity contribution in [1.82, 2.24) is 4.98 Å². The Hall–Kier alpha value is -3.60. The molecule has 5 nitrogen and oxygen atoms in total. The summed E-state index contributed by atoms with van der Waals surface area (Å²) in [5.74, 6) is -0.929. The first-order chi connectivity index (χ1) is 14.6. The van der Waals surface area contributed by atoms with Crippen LogP contribution in [-0.2, 0) is 27.2 Å². The number of fused-ring (bicyclic) bond motifs is 2. The summed E-state index contributed by atoms with van der Waals surface area (Å²) in [5.41, 5.74) is 3.33. The van der Waals surface area contributed by atoms with Gasteiger partial charge in [0.15, 0.2) is 0 Å². The molecule has 30 heavy (non-hydrogen) atoms. The highest BCUT2D eigenvalue weighted by molar-refractivity contribution is 5.89.